The van der Waals surface area contributed by atoms with Crippen molar-refractivity contribution in [3.63, 3.8) is 0 Å². The highest BCUT2D eigenvalue weighted by Gasteiger charge is 2.31. The molecule has 1 unspecified atom stereocenters. The number of benzene rings is 1. The summed E-state index contributed by atoms with van der Waals surface area (Å²) in [5, 5.41) is 23.5. The van der Waals surface area contributed by atoms with Crippen molar-refractivity contribution in [2.75, 3.05) is 19.0 Å². The number of carbonyl (C=O) groups excluding carboxylic acids is 1. The minimum atomic E-state index is -1.79. The minimum absolute atomic E-state index is 0.151. The molecule has 0 aliphatic carbocycles. The van der Waals surface area contributed by atoms with Crippen LogP contribution in [-0.4, -0.2) is 35.3 Å². The van der Waals surface area contributed by atoms with Gasteiger partial charge in [-0.3, -0.25) is 10.1 Å². The van der Waals surface area contributed by atoms with Crippen molar-refractivity contribution >= 4 is 28.9 Å². The number of halogens is 1. The summed E-state index contributed by atoms with van der Waals surface area (Å²) in [4.78, 5) is 21.5. The molecule has 1 aromatic carbocycles. The predicted molar refractivity (Wildman–Crippen MR) is 69.2 cm³/mol. The molecule has 1 atom stereocenters. The van der Waals surface area contributed by atoms with E-state index in [-0.39, 0.29) is 22.9 Å². The fourth-order valence-electron chi connectivity index (χ4n) is 1.36. The van der Waals surface area contributed by atoms with Crippen LogP contribution in [0.3, 0.4) is 0 Å². The lowest BCUT2D eigenvalue weighted by molar-refractivity contribution is -0.384. The van der Waals surface area contributed by atoms with E-state index >= 15 is 0 Å². The van der Waals surface area contributed by atoms with Crippen LogP contribution in [0.15, 0.2) is 18.2 Å². The Hall–Kier alpha value is -1.86. The van der Waals surface area contributed by atoms with Gasteiger partial charge < -0.3 is 15.2 Å². The molecular weight excluding hydrogens is 276 g/mol. The Morgan fingerprint density at radius 3 is 2.79 bits per heavy atom. The van der Waals surface area contributed by atoms with Crippen LogP contribution in [0.4, 0.5) is 11.4 Å². The van der Waals surface area contributed by atoms with Crippen molar-refractivity contribution in [2.45, 2.75) is 12.5 Å². The average molecular weight is 289 g/mol. The maximum Gasteiger partial charge on any atom is 0.339 e. The number of carbonyl (C=O) groups is 1. The van der Waals surface area contributed by atoms with E-state index in [0.29, 0.717) is 0 Å². The number of nitrogens with zero attached hydrogens (tertiary/aromatic N) is 1. The lowest BCUT2D eigenvalue weighted by Crippen LogP contribution is -2.42. The second-order valence-corrected chi connectivity index (χ2v) is 4.47. The number of hydrogen-bond donors (Lipinski definition) is 2. The highest BCUT2D eigenvalue weighted by Crippen LogP contribution is 2.28. The second-order valence-electron chi connectivity index (χ2n) is 4.04. The molecule has 0 bridgehead atoms. The molecule has 0 heterocycles. The summed E-state index contributed by atoms with van der Waals surface area (Å²) in [6, 6.07) is 4.04. The standard InChI is InChI=1S/C11H13ClN2O5/c1-11(16,10(15)19-2)6-13-8-4-3-7(12)5-9(8)14(17)18/h3-5,13,16H,6H2,1-2H3. The van der Waals surface area contributed by atoms with Gasteiger partial charge in [0.15, 0.2) is 5.60 Å². The van der Waals surface area contributed by atoms with Crippen LogP contribution in [0.25, 0.3) is 0 Å². The van der Waals surface area contributed by atoms with Gasteiger partial charge in [-0.25, -0.2) is 4.79 Å². The first kappa shape index (κ1) is 15.2. The third kappa shape index (κ3) is 3.80. The zero-order chi connectivity index (χ0) is 14.6. The Balaban J connectivity index is 2.89. The van der Waals surface area contributed by atoms with E-state index in [1.165, 1.54) is 25.1 Å². The third-order valence-electron chi connectivity index (χ3n) is 2.40. The van der Waals surface area contributed by atoms with Crippen LogP contribution in [-0.2, 0) is 9.53 Å². The third-order valence-corrected chi connectivity index (χ3v) is 2.64. The van der Waals surface area contributed by atoms with Crippen LogP contribution in [0.1, 0.15) is 6.92 Å². The van der Waals surface area contributed by atoms with E-state index < -0.39 is 16.5 Å². The van der Waals surface area contributed by atoms with Gasteiger partial charge in [-0.1, -0.05) is 11.6 Å². The van der Waals surface area contributed by atoms with Crippen LogP contribution in [0, 0.1) is 10.1 Å². The first-order valence-corrected chi connectivity index (χ1v) is 5.64. The molecule has 0 saturated carbocycles. The normalized spacial score (nSPS) is 13.5. The molecule has 104 valence electrons. The van der Waals surface area contributed by atoms with Gasteiger partial charge in [0.1, 0.15) is 5.69 Å². The van der Waals surface area contributed by atoms with Crippen LogP contribution in [0.2, 0.25) is 5.02 Å². The highest BCUT2D eigenvalue weighted by molar-refractivity contribution is 6.30. The topological polar surface area (TPSA) is 102 Å². The minimum Gasteiger partial charge on any atom is -0.467 e. The number of nitro benzene ring substituents is 1. The number of hydrogen-bond acceptors (Lipinski definition) is 6. The fraction of sp³-hybridized carbons (Fsp3) is 0.364. The molecule has 1 aromatic rings. The maximum atomic E-state index is 11.3. The summed E-state index contributed by atoms with van der Waals surface area (Å²) < 4.78 is 4.42. The zero-order valence-corrected chi connectivity index (χ0v) is 11.1. The fourth-order valence-corrected chi connectivity index (χ4v) is 1.53. The summed E-state index contributed by atoms with van der Waals surface area (Å²) >= 11 is 5.67. The molecule has 0 aliphatic rings. The van der Waals surface area contributed by atoms with E-state index in [2.05, 4.69) is 10.1 Å². The Morgan fingerprint density at radius 1 is 1.63 bits per heavy atom. The predicted octanol–water partition coefficient (Wildman–Crippen LogP) is 1.58. The van der Waals surface area contributed by atoms with E-state index in [4.69, 9.17) is 11.6 Å². The van der Waals surface area contributed by atoms with Crippen molar-refractivity contribution in [3.05, 3.63) is 33.3 Å². The van der Waals surface area contributed by atoms with Crippen molar-refractivity contribution in [1.29, 1.82) is 0 Å². The molecule has 7 nitrogen and oxygen atoms in total. The van der Waals surface area contributed by atoms with Gasteiger partial charge in [0.25, 0.3) is 5.69 Å². The summed E-state index contributed by atoms with van der Waals surface area (Å²) in [6.07, 6.45) is 0. The van der Waals surface area contributed by atoms with Crippen molar-refractivity contribution < 1.29 is 19.6 Å². The van der Waals surface area contributed by atoms with Gasteiger partial charge in [-0.05, 0) is 19.1 Å². The molecule has 2 N–H and O–H groups in total. The van der Waals surface area contributed by atoms with Gasteiger partial charge in [-0.2, -0.15) is 0 Å². The number of nitrogens with one attached hydrogen (secondary N) is 1. The lowest BCUT2D eigenvalue weighted by atomic mass is 10.1. The molecule has 8 heteroatoms. The molecule has 0 amide bonds. The van der Waals surface area contributed by atoms with Gasteiger partial charge in [-0.15, -0.1) is 0 Å². The van der Waals surface area contributed by atoms with Crippen LogP contribution in [0.5, 0.6) is 0 Å². The molecule has 0 aliphatic heterocycles. The Morgan fingerprint density at radius 2 is 2.26 bits per heavy atom. The largest absolute Gasteiger partial charge is 0.467 e. The summed E-state index contributed by atoms with van der Waals surface area (Å²) in [6.45, 7) is 1.01. The molecule has 1 rings (SSSR count). The number of anilines is 1. The molecule has 0 fully saturated rings. The number of esters is 1. The van der Waals surface area contributed by atoms with Crippen molar-refractivity contribution in [1.82, 2.24) is 0 Å². The first-order valence-electron chi connectivity index (χ1n) is 5.26. The van der Waals surface area contributed by atoms with Crippen molar-refractivity contribution in [3.8, 4) is 0 Å². The summed E-state index contributed by atoms with van der Waals surface area (Å²) in [5.41, 5.74) is -1.88. The monoisotopic (exact) mass is 288 g/mol. The molecule has 0 aromatic heterocycles. The number of rotatable bonds is 5. The summed E-state index contributed by atoms with van der Waals surface area (Å²) in [7, 11) is 1.14. The summed E-state index contributed by atoms with van der Waals surface area (Å²) in [5.74, 6) is -0.836. The number of nitro groups is 1. The maximum absolute atomic E-state index is 11.3. The number of methoxy groups -OCH3 is 1. The smallest absolute Gasteiger partial charge is 0.339 e. The van der Waals surface area contributed by atoms with Crippen molar-refractivity contribution in [2.24, 2.45) is 0 Å². The second kappa shape index (κ2) is 5.85. The Bertz CT molecular complexity index is 504. The van der Waals surface area contributed by atoms with Gasteiger partial charge >= 0.3 is 5.97 Å². The van der Waals surface area contributed by atoms with Crippen LogP contribution < -0.4 is 5.32 Å². The quantitative estimate of drug-likeness (QED) is 0.484. The number of ether oxygens (including phenoxy) is 1. The van der Waals surface area contributed by atoms with Gasteiger partial charge in [0.2, 0.25) is 0 Å². The number of aliphatic hydroxyl groups is 1. The molecule has 0 radical (unpaired) electrons. The van der Waals surface area contributed by atoms with E-state index in [0.717, 1.165) is 7.11 Å². The van der Waals surface area contributed by atoms with E-state index in [9.17, 15) is 20.0 Å². The Kier molecular flexibility index (Phi) is 4.68. The molecule has 0 spiro atoms. The van der Waals surface area contributed by atoms with Gasteiger partial charge in [0, 0.05) is 11.1 Å². The Labute approximate surface area is 114 Å². The first-order chi connectivity index (χ1) is 8.77. The zero-order valence-electron chi connectivity index (χ0n) is 10.3. The SMILES string of the molecule is COC(=O)C(C)(O)CNc1ccc(Cl)cc1[N+](=O)[O-]. The highest BCUT2D eigenvalue weighted by atomic mass is 35.5. The van der Waals surface area contributed by atoms with Crippen LogP contribution >= 0.6 is 11.6 Å². The van der Waals surface area contributed by atoms with Gasteiger partial charge in [0.05, 0.1) is 18.6 Å². The van der Waals surface area contributed by atoms with E-state index in [1.54, 1.807) is 0 Å². The average Bonchev–Trinajstić information content (AvgIpc) is 2.36. The molecule has 0 saturated heterocycles. The molecule has 19 heavy (non-hydrogen) atoms. The van der Waals surface area contributed by atoms with E-state index in [1.807, 2.05) is 0 Å². The molecular formula is C11H13ClN2O5. The lowest BCUT2D eigenvalue weighted by Gasteiger charge is -2.21.